The number of anilines is 2. The van der Waals surface area contributed by atoms with E-state index in [1.54, 1.807) is 19.1 Å². The maximum atomic E-state index is 11.5. The quantitative estimate of drug-likeness (QED) is 0.850. The van der Waals surface area contributed by atoms with Crippen LogP contribution in [-0.4, -0.2) is 59.1 Å². The lowest BCUT2D eigenvalue weighted by Crippen LogP contribution is -2.41. The second-order valence-corrected chi connectivity index (χ2v) is 7.02. The summed E-state index contributed by atoms with van der Waals surface area (Å²) < 4.78 is 0. The van der Waals surface area contributed by atoms with E-state index >= 15 is 0 Å². The van der Waals surface area contributed by atoms with Gasteiger partial charge in [0.15, 0.2) is 0 Å². The Balaban J connectivity index is 1.73. The lowest BCUT2D eigenvalue weighted by atomic mass is 9.92. The van der Waals surface area contributed by atoms with Gasteiger partial charge < -0.3 is 20.2 Å². The number of carboxylic acid groups (broad SMARTS) is 1. The number of aromatic carboxylic acids is 1. The summed E-state index contributed by atoms with van der Waals surface area (Å²) in [5.41, 5.74) is 0.250. The molecule has 1 saturated heterocycles. The largest absolute Gasteiger partial charge is 0.478 e. The molecule has 0 atom stereocenters. The summed E-state index contributed by atoms with van der Waals surface area (Å²) in [6, 6.07) is 3.89. The fraction of sp³-hybridized carbons (Fsp3) is 0.611. The third-order valence-electron chi connectivity index (χ3n) is 5.33. The maximum absolute atomic E-state index is 11.5. The minimum atomic E-state index is -0.944. The average Bonchev–Trinajstić information content (AvgIpc) is 2.53. The fourth-order valence-corrected chi connectivity index (χ4v) is 3.40. The van der Waals surface area contributed by atoms with Crippen LogP contribution in [0, 0.1) is 0 Å². The van der Waals surface area contributed by atoms with Gasteiger partial charge in [0.25, 0.3) is 0 Å². The smallest absolute Gasteiger partial charge is 0.335 e. The van der Waals surface area contributed by atoms with Crippen molar-refractivity contribution in [2.75, 3.05) is 30.4 Å². The number of carboxylic acids is 1. The van der Waals surface area contributed by atoms with Crippen molar-refractivity contribution in [2.45, 2.75) is 51.1 Å². The minimum Gasteiger partial charge on any atom is -0.478 e. The van der Waals surface area contributed by atoms with Gasteiger partial charge in [-0.05, 0) is 44.2 Å². The molecule has 0 aromatic carbocycles. The van der Waals surface area contributed by atoms with Crippen molar-refractivity contribution in [3.8, 4) is 0 Å². The zero-order valence-corrected chi connectivity index (χ0v) is 14.9. The van der Waals surface area contributed by atoms with Crippen LogP contribution in [0.2, 0.25) is 0 Å². The summed E-state index contributed by atoms with van der Waals surface area (Å²) in [5, 5.41) is 12.8. The zero-order chi connectivity index (χ0) is 18.0. The predicted molar refractivity (Wildman–Crippen MR) is 96.1 cm³/mol. The molecular formula is C18H26N4O3. The monoisotopic (exact) mass is 346 g/mol. The van der Waals surface area contributed by atoms with E-state index in [1.807, 2.05) is 11.9 Å². The van der Waals surface area contributed by atoms with E-state index in [0.29, 0.717) is 17.7 Å². The molecule has 1 amide bonds. The Morgan fingerprint density at radius 3 is 2.44 bits per heavy atom. The number of hydrogen-bond donors (Lipinski definition) is 2. The lowest BCUT2D eigenvalue weighted by molar-refractivity contribution is -0.129. The summed E-state index contributed by atoms with van der Waals surface area (Å²) in [7, 11) is 1.98. The molecule has 3 rings (SSSR count). The minimum absolute atomic E-state index is 0.105. The van der Waals surface area contributed by atoms with Crippen LogP contribution in [0.25, 0.3) is 0 Å². The van der Waals surface area contributed by atoms with Crippen LogP contribution in [0.15, 0.2) is 12.1 Å². The van der Waals surface area contributed by atoms with Gasteiger partial charge in [-0.1, -0.05) is 0 Å². The molecule has 0 radical (unpaired) electrons. The second kappa shape index (κ2) is 7.29. The molecule has 2 heterocycles. The van der Waals surface area contributed by atoms with Crippen LogP contribution < -0.4 is 10.2 Å². The van der Waals surface area contributed by atoms with Gasteiger partial charge in [-0.25, -0.2) is 9.78 Å². The summed E-state index contributed by atoms with van der Waals surface area (Å²) in [6.07, 6.45) is 5.15. The molecule has 25 heavy (non-hydrogen) atoms. The third kappa shape index (κ3) is 4.03. The van der Waals surface area contributed by atoms with Crippen molar-refractivity contribution >= 4 is 23.5 Å². The highest BCUT2D eigenvalue weighted by Crippen LogP contribution is 2.29. The maximum Gasteiger partial charge on any atom is 0.335 e. The Morgan fingerprint density at radius 1 is 1.24 bits per heavy atom. The van der Waals surface area contributed by atoms with Gasteiger partial charge in [0.2, 0.25) is 5.91 Å². The normalized spacial score (nSPS) is 18.6. The summed E-state index contributed by atoms with van der Waals surface area (Å²) in [4.78, 5) is 31.5. The van der Waals surface area contributed by atoms with Crippen molar-refractivity contribution in [1.82, 2.24) is 9.88 Å². The highest BCUT2D eigenvalue weighted by Gasteiger charge is 2.25. The Bertz CT molecular complexity index is 652. The van der Waals surface area contributed by atoms with Crippen molar-refractivity contribution in [3.05, 3.63) is 17.7 Å². The molecule has 2 aliphatic rings. The number of carbonyl (C=O) groups excluding carboxylic acids is 1. The topological polar surface area (TPSA) is 85.8 Å². The van der Waals surface area contributed by atoms with Crippen molar-refractivity contribution in [3.63, 3.8) is 0 Å². The number of piperidine rings is 1. The molecular weight excluding hydrogens is 320 g/mol. The number of hydrogen-bond acceptors (Lipinski definition) is 5. The Morgan fingerprint density at radius 2 is 1.92 bits per heavy atom. The highest BCUT2D eigenvalue weighted by molar-refractivity contribution is 5.89. The van der Waals surface area contributed by atoms with E-state index in [9.17, 15) is 14.7 Å². The molecule has 2 fully saturated rings. The summed E-state index contributed by atoms with van der Waals surface area (Å²) in [6.45, 7) is 3.04. The highest BCUT2D eigenvalue weighted by atomic mass is 16.4. The van der Waals surface area contributed by atoms with Crippen molar-refractivity contribution < 1.29 is 14.7 Å². The van der Waals surface area contributed by atoms with Crippen LogP contribution in [0.3, 0.4) is 0 Å². The molecule has 1 aliphatic carbocycles. The molecule has 1 aromatic heterocycles. The van der Waals surface area contributed by atoms with E-state index in [-0.39, 0.29) is 17.5 Å². The van der Waals surface area contributed by atoms with Crippen LogP contribution in [0.4, 0.5) is 11.6 Å². The molecule has 136 valence electrons. The number of nitrogens with one attached hydrogen (secondary N) is 1. The SMILES string of the molecule is CC(=O)N1CCC(Nc2cc(C(=O)O)cc(N(C)C3CCC3)n2)CC1. The van der Waals surface area contributed by atoms with Crippen LogP contribution in [0.1, 0.15) is 49.4 Å². The van der Waals surface area contributed by atoms with Gasteiger partial charge >= 0.3 is 5.97 Å². The molecule has 1 saturated carbocycles. The Labute approximate surface area is 148 Å². The number of amides is 1. The van der Waals surface area contributed by atoms with E-state index in [1.165, 1.54) is 6.42 Å². The van der Waals surface area contributed by atoms with Crippen molar-refractivity contribution in [1.29, 1.82) is 0 Å². The third-order valence-corrected chi connectivity index (χ3v) is 5.33. The van der Waals surface area contributed by atoms with Gasteiger partial charge in [0, 0.05) is 39.1 Å². The Kier molecular flexibility index (Phi) is 5.11. The summed E-state index contributed by atoms with van der Waals surface area (Å²) in [5.74, 6) is 0.463. The average molecular weight is 346 g/mol. The Hall–Kier alpha value is -2.31. The molecule has 2 N–H and O–H groups in total. The standard InChI is InChI=1S/C18H26N4O3/c1-12(23)22-8-6-14(7-9-22)19-16-10-13(18(24)25)11-17(20-16)21(2)15-4-3-5-15/h10-11,14-15H,3-9H2,1-2H3,(H,19,20)(H,24,25). The van der Waals surface area contributed by atoms with Crippen LogP contribution in [0.5, 0.6) is 0 Å². The van der Waals surface area contributed by atoms with Gasteiger partial charge in [0.05, 0.1) is 5.56 Å². The molecule has 1 aliphatic heterocycles. The molecule has 7 heteroatoms. The number of likely N-dealkylation sites (tertiary alicyclic amines) is 1. The van der Waals surface area contributed by atoms with E-state index in [2.05, 4.69) is 15.2 Å². The van der Waals surface area contributed by atoms with Crippen LogP contribution >= 0.6 is 0 Å². The fourth-order valence-electron chi connectivity index (χ4n) is 3.40. The molecule has 7 nitrogen and oxygen atoms in total. The number of aromatic nitrogens is 1. The van der Waals surface area contributed by atoms with E-state index in [0.717, 1.165) is 38.8 Å². The van der Waals surface area contributed by atoms with Gasteiger partial charge in [-0.2, -0.15) is 0 Å². The first-order valence-corrected chi connectivity index (χ1v) is 8.94. The van der Waals surface area contributed by atoms with E-state index in [4.69, 9.17) is 0 Å². The number of pyridine rings is 1. The van der Waals surface area contributed by atoms with Crippen LogP contribution in [-0.2, 0) is 4.79 Å². The molecule has 1 aromatic rings. The van der Waals surface area contributed by atoms with Gasteiger partial charge in [-0.15, -0.1) is 0 Å². The summed E-state index contributed by atoms with van der Waals surface area (Å²) >= 11 is 0. The number of carbonyl (C=O) groups is 2. The molecule has 0 bridgehead atoms. The second-order valence-electron chi connectivity index (χ2n) is 7.02. The van der Waals surface area contributed by atoms with E-state index < -0.39 is 5.97 Å². The number of rotatable bonds is 5. The van der Waals surface area contributed by atoms with Gasteiger partial charge in [-0.3, -0.25) is 4.79 Å². The predicted octanol–water partition coefficient (Wildman–Crippen LogP) is 2.19. The molecule has 0 unspecified atom stereocenters. The first-order chi connectivity index (χ1) is 11.9. The molecule has 0 spiro atoms. The number of nitrogens with zero attached hydrogens (tertiary/aromatic N) is 3. The first kappa shape index (κ1) is 17.5. The lowest BCUT2D eigenvalue weighted by Gasteiger charge is -2.36. The van der Waals surface area contributed by atoms with Crippen molar-refractivity contribution in [2.24, 2.45) is 0 Å². The van der Waals surface area contributed by atoms with Gasteiger partial charge in [0.1, 0.15) is 11.6 Å². The first-order valence-electron chi connectivity index (χ1n) is 8.94. The zero-order valence-electron chi connectivity index (χ0n) is 14.9.